The molecule has 1 aromatic heterocycles. The number of benzene rings is 2. The van der Waals surface area contributed by atoms with Crippen LogP contribution in [0.1, 0.15) is 23.0 Å². The van der Waals surface area contributed by atoms with Crippen LogP contribution in [0.15, 0.2) is 54.9 Å². The van der Waals surface area contributed by atoms with Crippen LogP contribution in [-0.4, -0.2) is 18.7 Å². The van der Waals surface area contributed by atoms with Gasteiger partial charge in [0.2, 0.25) is 0 Å². The summed E-state index contributed by atoms with van der Waals surface area (Å²) in [5.41, 5.74) is 3.96. The van der Waals surface area contributed by atoms with E-state index in [0.29, 0.717) is 12.2 Å². The number of nitrogens with zero attached hydrogens (tertiary/aromatic N) is 1. The molecule has 0 bridgehead atoms. The van der Waals surface area contributed by atoms with E-state index in [-0.39, 0.29) is 5.76 Å². The summed E-state index contributed by atoms with van der Waals surface area (Å²) < 4.78 is 13.8. The van der Waals surface area contributed by atoms with E-state index in [0.717, 1.165) is 29.2 Å². The second-order valence-electron chi connectivity index (χ2n) is 5.24. The molecule has 0 fully saturated rings. The summed E-state index contributed by atoms with van der Waals surface area (Å²) in [6.07, 6.45) is 1.57. The SMILES string of the molecule is CCOc1c(Br)cc(/C=N/NC(=O)c2cc3cc(Br)ccc3o2)cc1I. The monoisotopic (exact) mass is 590 g/mol. The maximum absolute atomic E-state index is 12.2. The molecule has 3 rings (SSSR count). The van der Waals surface area contributed by atoms with E-state index in [1.165, 1.54) is 0 Å². The van der Waals surface area contributed by atoms with Gasteiger partial charge in [0.15, 0.2) is 5.76 Å². The zero-order chi connectivity index (χ0) is 18.7. The summed E-state index contributed by atoms with van der Waals surface area (Å²) in [6.45, 7) is 2.52. The Hall–Kier alpha value is -1.39. The number of carbonyl (C=O) groups is 1. The van der Waals surface area contributed by atoms with Crippen LogP contribution in [0.4, 0.5) is 0 Å². The predicted octanol–water partition coefficient (Wildman–Crippen LogP) is 5.73. The van der Waals surface area contributed by atoms with Crippen molar-refractivity contribution in [3.63, 3.8) is 0 Å². The highest BCUT2D eigenvalue weighted by atomic mass is 127. The smallest absolute Gasteiger partial charge is 0.307 e. The van der Waals surface area contributed by atoms with Crippen LogP contribution in [0.25, 0.3) is 11.0 Å². The van der Waals surface area contributed by atoms with E-state index in [4.69, 9.17) is 9.15 Å². The Balaban J connectivity index is 1.72. The molecule has 8 heteroatoms. The summed E-state index contributed by atoms with van der Waals surface area (Å²) in [6, 6.07) is 11.0. The van der Waals surface area contributed by atoms with E-state index in [9.17, 15) is 4.79 Å². The lowest BCUT2D eigenvalue weighted by atomic mass is 10.2. The van der Waals surface area contributed by atoms with Gasteiger partial charge in [0.1, 0.15) is 11.3 Å². The zero-order valence-electron chi connectivity index (χ0n) is 13.6. The zero-order valence-corrected chi connectivity index (χ0v) is 18.9. The van der Waals surface area contributed by atoms with Gasteiger partial charge in [0.05, 0.1) is 20.9 Å². The van der Waals surface area contributed by atoms with Gasteiger partial charge in [-0.05, 0) is 87.4 Å². The molecule has 1 heterocycles. The third-order valence-corrected chi connectivity index (χ3v) is 5.27. The van der Waals surface area contributed by atoms with Gasteiger partial charge in [-0.2, -0.15) is 5.10 Å². The Morgan fingerprint density at radius 1 is 1.31 bits per heavy atom. The normalized spacial score (nSPS) is 11.2. The van der Waals surface area contributed by atoms with Crippen LogP contribution < -0.4 is 10.2 Å². The maximum Gasteiger partial charge on any atom is 0.307 e. The summed E-state index contributed by atoms with van der Waals surface area (Å²) in [7, 11) is 0. The number of nitrogens with one attached hydrogen (secondary N) is 1. The maximum atomic E-state index is 12.2. The van der Waals surface area contributed by atoms with Crippen molar-refractivity contribution < 1.29 is 13.9 Å². The molecule has 0 atom stereocenters. The largest absolute Gasteiger partial charge is 0.492 e. The fraction of sp³-hybridized carbons (Fsp3) is 0.111. The first-order valence-corrected chi connectivity index (χ1v) is 10.3. The number of hydrogen-bond acceptors (Lipinski definition) is 4. The van der Waals surface area contributed by atoms with E-state index >= 15 is 0 Å². The number of amides is 1. The third kappa shape index (κ3) is 4.47. The molecule has 2 aromatic carbocycles. The second kappa shape index (κ2) is 8.53. The molecule has 5 nitrogen and oxygen atoms in total. The highest BCUT2D eigenvalue weighted by Gasteiger charge is 2.12. The van der Waals surface area contributed by atoms with Crippen molar-refractivity contribution >= 4 is 77.5 Å². The lowest BCUT2D eigenvalue weighted by Gasteiger charge is -2.09. The number of hydrazone groups is 1. The average Bonchev–Trinajstić information content (AvgIpc) is 3.01. The van der Waals surface area contributed by atoms with Crippen molar-refractivity contribution in [1.29, 1.82) is 0 Å². The van der Waals surface area contributed by atoms with Gasteiger partial charge in [-0.3, -0.25) is 4.79 Å². The van der Waals surface area contributed by atoms with Crippen LogP contribution in [0.5, 0.6) is 5.75 Å². The average molecular weight is 592 g/mol. The number of halogens is 3. The van der Waals surface area contributed by atoms with Gasteiger partial charge >= 0.3 is 5.91 Å². The molecule has 0 aliphatic heterocycles. The molecule has 0 unspecified atom stereocenters. The Morgan fingerprint density at radius 2 is 2.12 bits per heavy atom. The highest BCUT2D eigenvalue weighted by molar-refractivity contribution is 14.1. The lowest BCUT2D eigenvalue weighted by Crippen LogP contribution is -2.16. The highest BCUT2D eigenvalue weighted by Crippen LogP contribution is 2.31. The second-order valence-corrected chi connectivity index (χ2v) is 8.17. The standard InChI is InChI=1S/C18H13Br2IN2O3/c1-2-25-17-13(20)5-10(6-14(17)21)9-22-23-18(24)16-8-11-7-12(19)3-4-15(11)26-16/h3-9H,2H2,1H3,(H,23,24)/b22-9+. The van der Waals surface area contributed by atoms with E-state index in [1.54, 1.807) is 18.3 Å². The molecule has 0 saturated heterocycles. The molecule has 0 aliphatic carbocycles. The van der Waals surface area contributed by atoms with Gasteiger partial charge in [-0.15, -0.1) is 0 Å². The van der Waals surface area contributed by atoms with Gasteiger partial charge in [0, 0.05) is 9.86 Å². The molecule has 0 saturated carbocycles. The van der Waals surface area contributed by atoms with Crippen molar-refractivity contribution in [1.82, 2.24) is 5.43 Å². The molecule has 1 amide bonds. The lowest BCUT2D eigenvalue weighted by molar-refractivity contribution is 0.0929. The van der Waals surface area contributed by atoms with Gasteiger partial charge < -0.3 is 9.15 Å². The van der Waals surface area contributed by atoms with Crippen molar-refractivity contribution in [3.8, 4) is 5.75 Å². The third-order valence-electron chi connectivity index (χ3n) is 3.39. The first-order chi connectivity index (χ1) is 12.5. The fourth-order valence-electron chi connectivity index (χ4n) is 2.28. The van der Waals surface area contributed by atoms with Crippen molar-refractivity contribution in [2.45, 2.75) is 6.92 Å². The molecular weight excluding hydrogens is 579 g/mol. The first-order valence-electron chi connectivity index (χ1n) is 7.62. The number of hydrogen-bond donors (Lipinski definition) is 1. The summed E-state index contributed by atoms with van der Waals surface area (Å²) in [4.78, 5) is 12.2. The van der Waals surface area contributed by atoms with Crippen LogP contribution in [0.3, 0.4) is 0 Å². The Labute approximate surface area is 180 Å². The first kappa shape index (κ1) is 19.4. The van der Waals surface area contributed by atoms with Gasteiger partial charge in [0.25, 0.3) is 0 Å². The molecule has 1 N–H and O–H groups in total. The Bertz CT molecular complexity index is 978. The van der Waals surface area contributed by atoms with Crippen LogP contribution in [0, 0.1) is 3.57 Å². The minimum Gasteiger partial charge on any atom is -0.492 e. The molecule has 134 valence electrons. The molecule has 0 aliphatic rings. The van der Waals surface area contributed by atoms with Crippen molar-refractivity contribution in [2.75, 3.05) is 6.61 Å². The quantitative estimate of drug-likeness (QED) is 0.234. The van der Waals surface area contributed by atoms with Crippen LogP contribution in [-0.2, 0) is 0 Å². The minimum absolute atomic E-state index is 0.206. The van der Waals surface area contributed by atoms with Crippen molar-refractivity contribution in [2.24, 2.45) is 5.10 Å². The molecule has 26 heavy (non-hydrogen) atoms. The topological polar surface area (TPSA) is 63.8 Å². The van der Waals surface area contributed by atoms with Gasteiger partial charge in [-0.1, -0.05) is 15.9 Å². The fourth-order valence-corrected chi connectivity index (χ4v) is 4.43. The number of fused-ring (bicyclic) bond motifs is 1. The predicted molar refractivity (Wildman–Crippen MR) is 117 cm³/mol. The minimum atomic E-state index is -0.409. The molecule has 3 aromatic rings. The summed E-state index contributed by atoms with van der Waals surface area (Å²) in [5.74, 6) is 0.591. The number of ether oxygens (including phenoxy) is 1. The number of furan rings is 1. The van der Waals surface area contributed by atoms with E-state index in [1.807, 2.05) is 31.2 Å². The van der Waals surface area contributed by atoms with E-state index < -0.39 is 5.91 Å². The van der Waals surface area contributed by atoms with Crippen LogP contribution >= 0.6 is 54.5 Å². The molecule has 0 radical (unpaired) electrons. The van der Waals surface area contributed by atoms with Gasteiger partial charge in [-0.25, -0.2) is 5.43 Å². The molecule has 0 spiro atoms. The van der Waals surface area contributed by atoms with E-state index in [2.05, 4.69) is 65.0 Å². The Kier molecular flexibility index (Phi) is 6.36. The Morgan fingerprint density at radius 3 is 2.85 bits per heavy atom. The number of carbonyl (C=O) groups excluding carboxylic acids is 1. The van der Waals surface area contributed by atoms with Crippen molar-refractivity contribution in [3.05, 3.63) is 60.2 Å². The van der Waals surface area contributed by atoms with Crippen LogP contribution in [0.2, 0.25) is 0 Å². The number of rotatable bonds is 5. The summed E-state index contributed by atoms with van der Waals surface area (Å²) >= 11 is 9.08. The molecular formula is C18H13Br2IN2O3. The summed E-state index contributed by atoms with van der Waals surface area (Å²) in [5, 5.41) is 4.85.